The molecular weight excluding hydrogens is 290 g/mol. The number of rotatable bonds is 5. The number of benzene rings is 1. The van der Waals surface area contributed by atoms with E-state index >= 15 is 0 Å². The number of tetrazole rings is 1. The second-order valence-corrected chi connectivity index (χ2v) is 6.35. The van der Waals surface area contributed by atoms with Gasteiger partial charge < -0.3 is 0 Å². The summed E-state index contributed by atoms with van der Waals surface area (Å²) in [6.45, 7) is 2.75. The van der Waals surface area contributed by atoms with Gasteiger partial charge in [0.25, 0.3) is 0 Å². The highest BCUT2D eigenvalue weighted by molar-refractivity contribution is 8.00. The second-order valence-electron chi connectivity index (χ2n) is 4.28. The fourth-order valence-corrected chi connectivity index (χ4v) is 3.48. The Kier molecular flexibility index (Phi) is 4.08. The lowest BCUT2D eigenvalue weighted by molar-refractivity contribution is 0.548. The first kappa shape index (κ1) is 13.3. The SMILES string of the molecule is Cc1csc(Sc2nnnn2CCc2ccccc2)n1. The second kappa shape index (κ2) is 6.15. The quantitative estimate of drug-likeness (QED) is 0.725. The van der Waals surface area contributed by atoms with Gasteiger partial charge in [0.1, 0.15) is 0 Å². The fourth-order valence-electron chi connectivity index (χ4n) is 1.75. The first-order chi connectivity index (χ1) is 9.81. The molecule has 0 saturated heterocycles. The normalized spacial score (nSPS) is 10.8. The minimum absolute atomic E-state index is 0.768. The molecular formula is C13H13N5S2. The Balaban J connectivity index is 1.67. The topological polar surface area (TPSA) is 56.5 Å². The Morgan fingerprint density at radius 1 is 1.25 bits per heavy atom. The lowest BCUT2D eigenvalue weighted by atomic mass is 10.2. The fraction of sp³-hybridized carbons (Fsp3) is 0.231. The molecule has 7 heteroatoms. The van der Waals surface area contributed by atoms with Crippen molar-refractivity contribution in [3.63, 3.8) is 0 Å². The molecule has 0 radical (unpaired) electrons. The van der Waals surface area contributed by atoms with Crippen LogP contribution in [0.4, 0.5) is 0 Å². The molecule has 0 bridgehead atoms. The van der Waals surface area contributed by atoms with Crippen molar-refractivity contribution in [1.82, 2.24) is 25.2 Å². The standard InChI is InChI=1S/C13H13N5S2/c1-10-9-19-13(14-10)20-12-15-16-17-18(12)8-7-11-5-3-2-4-6-11/h2-6,9H,7-8H2,1H3. The molecule has 20 heavy (non-hydrogen) atoms. The lowest BCUT2D eigenvalue weighted by Gasteiger charge is -2.03. The molecule has 0 aliphatic rings. The van der Waals surface area contributed by atoms with Crippen LogP contribution >= 0.6 is 23.1 Å². The summed E-state index contributed by atoms with van der Waals surface area (Å²) in [7, 11) is 0. The van der Waals surface area contributed by atoms with Crippen molar-refractivity contribution in [3.05, 3.63) is 47.0 Å². The molecule has 0 aliphatic carbocycles. The van der Waals surface area contributed by atoms with E-state index in [2.05, 4.69) is 32.6 Å². The highest BCUT2D eigenvalue weighted by Crippen LogP contribution is 2.28. The summed E-state index contributed by atoms with van der Waals surface area (Å²) >= 11 is 3.13. The summed E-state index contributed by atoms with van der Waals surface area (Å²) in [5.41, 5.74) is 2.31. The molecule has 0 spiro atoms. The number of hydrogen-bond acceptors (Lipinski definition) is 6. The zero-order valence-corrected chi connectivity index (χ0v) is 12.6. The average Bonchev–Trinajstić information content (AvgIpc) is 3.07. The summed E-state index contributed by atoms with van der Waals surface area (Å²) in [6, 6.07) is 10.3. The Bertz CT molecular complexity index is 677. The van der Waals surface area contributed by atoms with E-state index in [1.54, 1.807) is 11.3 Å². The van der Waals surface area contributed by atoms with Crippen molar-refractivity contribution in [3.8, 4) is 0 Å². The minimum Gasteiger partial charge on any atom is -0.235 e. The van der Waals surface area contributed by atoms with Crippen molar-refractivity contribution in [2.24, 2.45) is 0 Å². The van der Waals surface area contributed by atoms with E-state index in [9.17, 15) is 0 Å². The maximum atomic E-state index is 4.42. The zero-order valence-electron chi connectivity index (χ0n) is 10.9. The van der Waals surface area contributed by atoms with Crippen LogP contribution in [-0.2, 0) is 13.0 Å². The van der Waals surface area contributed by atoms with Crippen LogP contribution in [0, 0.1) is 6.92 Å². The predicted octanol–water partition coefficient (Wildman–Crippen LogP) is 2.83. The minimum atomic E-state index is 0.768. The summed E-state index contributed by atoms with van der Waals surface area (Å²) in [6.07, 6.45) is 0.913. The summed E-state index contributed by atoms with van der Waals surface area (Å²) in [5.74, 6) is 0. The van der Waals surface area contributed by atoms with Crippen LogP contribution in [0.15, 0.2) is 45.2 Å². The van der Waals surface area contributed by atoms with Gasteiger partial charge in [0, 0.05) is 17.6 Å². The number of thiazole rings is 1. The van der Waals surface area contributed by atoms with Crippen LogP contribution in [0.2, 0.25) is 0 Å². The highest BCUT2D eigenvalue weighted by Gasteiger charge is 2.10. The van der Waals surface area contributed by atoms with Gasteiger partial charge >= 0.3 is 0 Å². The van der Waals surface area contributed by atoms with E-state index in [-0.39, 0.29) is 0 Å². The van der Waals surface area contributed by atoms with Crippen LogP contribution in [-0.4, -0.2) is 25.2 Å². The molecule has 0 saturated carbocycles. The van der Waals surface area contributed by atoms with Gasteiger partial charge in [-0.05, 0) is 41.1 Å². The van der Waals surface area contributed by atoms with E-state index in [4.69, 9.17) is 0 Å². The van der Waals surface area contributed by atoms with Crippen molar-refractivity contribution in [1.29, 1.82) is 0 Å². The van der Waals surface area contributed by atoms with Crippen molar-refractivity contribution in [2.45, 2.75) is 29.4 Å². The third-order valence-electron chi connectivity index (χ3n) is 2.73. The molecule has 1 aromatic carbocycles. The third kappa shape index (κ3) is 3.23. The number of hydrogen-bond donors (Lipinski definition) is 0. The largest absolute Gasteiger partial charge is 0.235 e. The highest BCUT2D eigenvalue weighted by atomic mass is 32.2. The molecule has 3 rings (SSSR count). The molecule has 0 N–H and O–H groups in total. The summed E-state index contributed by atoms with van der Waals surface area (Å²) in [5, 5.41) is 14.7. The smallest absolute Gasteiger partial charge is 0.216 e. The van der Waals surface area contributed by atoms with Gasteiger partial charge in [-0.2, -0.15) is 0 Å². The molecule has 2 heterocycles. The number of aryl methyl sites for hydroxylation is 3. The van der Waals surface area contributed by atoms with Crippen molar-refractivity contribution < 1.29 is 0 Å². The molecule has 0 aliphatic heterocycles. The van der Waals surface area contributed by atoms with Gasteiger partial charge in [-0.1, -0.05) is 30.3 Å². The molecule has 0 unspecified atom stereocenters. The summed E-state index contributed by atoms with van der Waals surface area (Å²) < 4.78 is 2.80. The Morgan fingerprint density at radius 3 is 2.85 bits per heavy atom. The molecule has 2 aromatic heterocycles. The molecule has 0 fully saturated rings. The van der Waals surface area contributed by atoms with Gasteiger partial charge in [0.2, 0.25) is 5.16 Å². The Morgan fingerprint density at radius 2 is 2.10 bits per heavy atom. The monoisotopic (exact) mass is 303 g/mol. The van der Waals surface area contributed by atoms with E-state index in [1.807, 2.05) is 35.2 Å². The molecule has 3 aromatic rings. The number of aromatic nitrogens is 5. The predicted molar refractivity (Wildman–Crippen MR) is 78.9 cm³/mol. The Hall–Kier alpha value is -1.73. The zero-order chi connectivity index (χ0) is 13.8. The summed E-state index contributed by atoms with van der Waals surface area (Å²) in [4.78, 5) is 4.42. The van der Waals surface area contributed by atoms with E-state index < -0.39 is 0 Å². The molecule has 0 atom stereocenters. The van der Waals surface area contributed by atoms with Crippen LogP contribution in [0.25, 0.3) is 0 Å². The van der Waals surface area contributed by atoms with Gasteiger partial charge in [-0.25, -0.2) is 9.67 Å². The van der Waals surface area contributed by atoms with E-state index in [0.717, 1.165) is 28.2 Å². The van der Waals surface area contributed by atoms with Crippen LogP contribution in [0.3, 0.4) is 0 Å². The van der Waals surface area contributed by atoms with Gasteiger partial charge in [-0.3, -0.25) is 0 Å². The van der Waals surface area contributed by atoms with Crippen LogP contribution < -0.4 is 0 Å². The average molecular weight is 303 g/mol. The first-order valence-electron chi connectivity index (χ1n) is 6.21. The molecule has 5 nitrogen and oxygen atoms in total. The molecule has 102 valence electrons. The third-order valence-corrected chi connectivity index (χ3v) is 4.76. The maximum absolute atomic E-state index is 4.42. The molecule has 0 amide bonds. The maximum Gasteiger partial charge on any atom is 0.216 e. The van der Waals surface area contributed by atoms with Crippen LogP contribution in [0.1, 0.15) is 11.3 Å². The lowest BCUT2D eigenvalue weighted by Crippen LogP contribution is -2.05. The van der Waals surface area contributed by atoms with Gasteiger partial charge in [0.05, 0.1) is 0 Å². The number of nitrogens with zero attached hydrogens (tertiary/aromatic N) is 5. The van der Waals surface area contributed by atoms with Gasteiger partial charge in [-0.15, -0.1) is 16.4 Å². The van der Waals surface area contributed by atoms with Crippen molar-refractivity contribution >= 4 is 23.1 Å². The van der Waals surface area contributed by atoms with Gasteiger partial charge in [0.15, 0.2) is 4.34 Å². The van der Waals surface area contributed by atoms with Crippen LogP contribution in [0.5, 0.6) is 0 Å². The van der Waals surface area contributed by atoms with Crippen molar-refractivity contribution in [2.75, 3.05) is 0 Å². The Labute approximate surface area is 125 Å². The first-order valence-corrected chi connectivity index (χ1v) is 7.91. The van der Waals surface area contributed by atoms with E-state index in [0.29, 0.717) is 0 Å². The van der Waals surface area contributed by atoms with E-state index in [1.165, 1.54) is 17.3 Å².